The summed E-state index contributed by atoms with van der Waals surface area (Å²) in [4.78, 5) is 18.8. The smallest absolute Gasteiger partial charge is 0.258 e. The Morgan fingerprint density at radius 1 is 1.25 bits per heavy atom. The molecule has 1 aliphatic heterocycles. The summed E-state index contributed by atoms with van der Waals surface area (Å²) in [5.41, 5.74) is 1.65. The third kappa shape index (κ3) is 3.47. The van der Waals surface area contributed by atoms with Gasteiger partial charge in [0.05, 0.1) is 13.2 Å². The van der Waals surface area contributed by atoms with Gasteiger partial charge in [0.15, 0.2) is 5.82 Å². The van der Waals surface area contributed by atoms with Gasteiger partial charge in [-0.1, -0.05) is 23.4 Å². The van der Waals surface area contributed by atoms with E-state index in [2.05, 4.69) is 10.1 Å². The quantitative estimate of drug-likeness (QED) is 0.669. The summed E-state index contributed by atoms with van der Waals surface area (Å²) in [5.74, 6) is 1.20. The summed E-state index contributed by atoms with van der Waals surface area (Å²) >= 11 is 0. The van der Waals surface area contributed by atoms with E-state index >= 15 is 0 Å². The van der Waals surface area contributed by atoms with Gasteiger partial charge in [-0.2, -0.15) is 4.98 Å². The highest BCUT2D eigenvalue weighted by molar-refractivity contribution is 5.80. The molecular formula is C21H20FN3O3. The molecule has 0 N–H and O–H groups in total. The Morgan fingerprint density at radius 2 is 2.04 bits per heavy atom. The number of rotatable bonds is 5. The van der Waals surface area contributed by atoms with E-state index in [0.29, 0.717) is 30.4 Å². The normalized spacial score (nSPS) is 17.8. The molecule has 6 nitrogen and oxygen atoms in total. The number of likely N-dealkylation sites (tertiary alicyclic amines) is 1. The fourth-order valence-corrected chi connectivity index (χ4v) is 3.47. The molecule has 1 saturated heterocycles. The second-order valence-electron chi connectivity index (χ2n) is 6.86. The minimum absolute atomic E-state index is 0.0227. The van der Waals surface area contributed by atoms with Gasteiger partial charge in [0.2, 0.25) is 5.91 Å². The van der Waals surface area contributed by atoms with E-state index in [9.17, 15) is 9.18 Å². The van der Waals surface area contributed by atoms with Crippen molar-refractivity contribution in [3.8, 4) is 17.2 Å². The number of benzene rings is 2. The van der Waals surface area contributed by atoms with Crippen molar-refractivity contribution in [2.45, 2.75) is 25.3 Å². The Bertz CT molecular complexity index is 987. The third-order valence-electron chi connectivity index (χ3n) is 5.10. The summed E-state index contributed by atoms with van der Waals surface area (Å²) < 4.78 is 23.8. The minimum Gasteiger partial charge on any atom is -0.497 e. The van der Waals surface area contributed by atoms with E-state index in [1.54, 1.807) is 24.1 Å². The SMILES string of the molecule is COc1cccc(-c2nc(C3CC(=O)N(C(C)c4ccc(F)cc4)C3)no2)c1. The molecule has 2 heterocycles. The predicted octanol–water partition coefficient (Wildman–Crippen LogP) is 3.96. The van der Waals surface area contributed by atoms with E-state index in [1.165, 1.54) is 12.1 Å². The molecular weight excluding hydrogens is 361 g/mol. The van der Waals surface area contributed by atoms with Gasteiger partial charge in [0.25, 0.3) is 5.89 Å². The van der Waals surface area contributed by atoms with Crippen LogP contribution in [0.2, 0.25) is 0 Å². The maximum atomic E-state index is 13.2. The van der Waals surface area contributed by atoms with E-state index in [4.69, 9.17) is 9.26 Å². The van der Waals surface area contributed by atoms with Gasteiger partial charge < -0.3 is 14.2 Å². The molecule has 0 radical (unpaired) electrons. The number of methoxy groups -OCH3 is 1. The van der Waals surface area contributed by atoms with Crippen LogP contribution in [0.1, 0.15) is 36.7 Å². The molecule has 3 aromatic rings. The number of nitrogens with zero attached hydrogens (tertiary/aromatic N) is 3. The average Bonchev–Trinajstić information content (AvgIpc) is 3.35. The van der Waals surface area contributed by atoms with Crippen LogP contribution in [0.25, 0.3) is 11.5 Å². The Labute approximate surface area is 161 Å². The van der Waals surface area contributed by atoms with Crippen molar-refractivity contribution >= 4 is 5.91 Å². The highest BCUT2D eigenvalue weighted by atomic mass is 19.1. The molecule has 28 heavy (non-hydrogen) atoms. The van der Waals surface area contributed by atoms with Crippen LogP contribution >= 0.6 is 0 Å². The molecule has 4 rings (SSSR count). The summed E-state index contributed by atoms with van der Waals surface area (Å²) in [6.07, 6.45) is 0.322. The lowest BCUT2D eigenvalue weighted by Gasteiger charge is -2.25. The number of amides is 1. The molecule has 7 heteroatoms. The molecule has 0 aliphatic carbocycles. The number of aromatic nitrogens is 2. The molecule has 2 atom stereocenters. The van der Waals surface area contributed by atoms with Gasteiger partial charge in [-0.25, -0.2) is 4.39 Å². The second kappa shape index (κ2) is 7.42. The van der Waals surface area contributed by atoms with Crippen molar-refractivity contribution in [3.05, 3.63) is 65.7 Å². The monoisotopic (exact) mass is 381 g/mol. The molecule has 1 amide bonds. The number of halogens is 1. The summed E-state index contributed by atoms with van der Waals surface area (Å²) in [6, 6.07) is 13.4. The van der Waals surface area contributed by atoms with Crippen LogP contribution < -0.4 is 4.74 Å². The Balaban J connectivity index is 1.51. The zero-order valence-electron chi connectivity index (χ0n) is 15.6. The van der Waals surface area contributed by atoms with Gasteiger partial charge in [-0.05, 0) is 42.8 Å². The van der Waals surface area contributed by atoms with Crippen molar-refractivity contribution in [1.82, 2.24) is 15.0 Å². The van der Waals surface area contributed by atoms with Crippen LogP contribution in [-0.2, 0) is 4.79 Å². The van der Waals surface area contributed by atoms with Crippen molar-refractivity contribution in [3.63, 3.8) is 0 Å². The maximum absolute atomic E-state index is 13.2. The largest absolute Gasteiger partial charge is 0.497 e. The summed E-state index contributed by atoms with van der Waals surface area (Å²) in [5, 5.41) is 4.09. The Hall–Kier alpha value is -3.22. The summed E-state index contributed by atoms with van der Waals surface area (Å²) in [6.45, 7) is 2.43. The fraction of sp³-hybridized carbons (Fsp3) is 0.286. The average molecular weight is 381 g/mol. The molecule has 0 spiro atoms. The molecule has 144 valence electrons. The maximum Gasteiger partial charge on any atom is 0.258 e. The van der Waals surface area contributed by atoms with Crippen molar-refractivity contribution in [2.24, 2.45) is 0 Å². The predicted molar refractivity (Wildman–Crippen MR) is 100 cm³/mol. The number of hydrogen-bond donors (Lipinski definition) is 0. The number of hydrogen-bond acceptors (Lipinski definition) is 5. The first kappa shape index (κ1) is 18.2. The lowest BCUT2D eigenvalue weighted by atomic mass is 10.1. The van der Waals surface area contributed by atoms with E-state index in [1.807, 2.05) is 31.2 Å². The number of carbonyl (C=O) groups excluding carboxylic acids is 1. The first-order chi connectivity index (χ1) is 13.5. The standard InChI is InChI=1S/C21H20FN3O3/c1-13(14-6-8-17(22)9-7-14)25-12-16(11-19(25)26)20-23-21(28-24-20)15-4-3-5-18(10-15)27-2/h3-10,13,16H,11-12H2,1-2H3. The first-order valence-corrected chi connectivity index (χ1v) is 9.08. The van der Waals surface area contributed by atoms with Crippen LogP contribution in [0.4, 0.5) is 4.39 Å². The van der Waals surface area contributed by atoms with Gasteiger partial charge in [0, 0.05) is 24.4 Å². The zero-order valence-corrected chi connectivity index (χ0v) is 15.6. The van der Waals surface area contributed by atoms with Crippen LogP contribution in [0.3, 0.4) is 0 Å². The highest BCUT2D eigenvalue weighted by Crippen LogP contribution is 2.34. The zero-order chi connectivity index (χ0) is 19.7. The lowest BCUT2D eigenvalue weighted by Crippen LogP contribution is -2.28. The minimum atomic E-state index is -0.293. The number of carbonyl (C=O) groups is 1. The van der Waals surface area contributed by atoms with Gasteiger partial charge >= 0.3 is 0 Å². The fourth-order valence-electron chi connectivity index (χ4n) is 3.47. The first-order valence-electron chi connectivity index (χ1n) is 9.08. The van der Waals surface area contributed by atoms with E-state index < -0.39 is 0 Å². The highest BCUT2D eigenvalue weighted by Gasteiger charge is 2.36. The Morgan fingerprint density at radius 3 is 2.79 bits per heavy atom. The van der Waals surface area contributed by atoms with Gasteiger partial charge in [-0.15, -0.1) is 0 Å². The topological polar surface area (TPSA) is 68.5 Å². The van der Waals surface area contributed by atoms with Crippen molar-refractivity contribution < 1.29 is 18.4 Å². The van der Waals surface area contributed by atoms with Crippen molar-refractivity contribution in [1.29, 1.82) is 0 Å². The second-order valence-corrected chi connectivity index (χ2v) is 6.86. The van der Waals surface area contributed by atoms with E-state index in [0.717, 1.165) is 11.1 Å². The van der Waals surface area contributed by atoms with Crippen LogP contribution in [0.15, 0.2) is 53.1 Å². The molecule has 1 fully saturated rings. The molecule has 0 saturated carbocycles. The molecule has 2 unspecified atom stereocenters. The van der Waals surface area contributed by atoms with Crippen LogP contribution in [0, 0.1) is 5.82 Å². The van der Waals surface area contributed by atoms with Crippen LogP contribution in [-0.4, -0.2) is 34.6 Å². The number of ether oxygens (including phenoxy) is 1. The van der Waals surface area contributed by atoms with Gasteiger partial charge in [0.1, 0.15) is 11.6 Å². The lowest BCUT2D eigenvalue weighted by molar-refractivity contribution is -0.129. The van der Waals surface area contributed by atoms with Crippen molar-refractivity contribution in [2.75, 3.05) is 13.7 Å². The molecule has 2 aromatic carbocycles. The molecule has 0 bridgehead atoms. The molecule has 1 aromatic heterocycles. The summed E-state index contributed by atoms with van der Waals surface area (Å²) in [7, 11) is 1.60. The third-order valence-corrected chi connectivity index (χ3v) is 5.10. The van der Waals surface area contributed by atoms with Crippen LogP contribution in [0.5, 0.6) is 5.75 Å². The Kier molecular flexibility index (Phi) is 4.81. The molecule has 1 aliphatic rings. The van der Waals surface area contributed by atoms with E-state index in [-0.39, 0.29) is 23.7 Å². The van der Waals surface area contributed by atoms with Gasteiger partial charge in [-0.3, -0.25) is 4.79 Å².